The fourth-order valence-corrected chi connectivity index (χ4v) is 3.19. The molecule has 0 radical (unpaired) electrons. The summed E-state index contributed by atoms with van der Waals surface area (Å²) in [6, 6.07) is 6.28. The first-order valence-electron chi connectivity index (χ1n) is 7.14. The number of aromatic nitrogens is 1. The van der Waals surface area contributed by atoms with Gasteiger partial charge in [-0.25, -0.2) is 0 Å². The zero-order valence-electron chi connectivity index (χ0n) is 12.0. The predicted molar refractivity (Wildman–Crippen MR) is 82.9 cm³/mol. The number of aliphatic hydroxyl groups excluding tert-OH is 1. The lowest BCUT2D eigenvalue weighted by molar-refractivity contribution is 0.245. The fourth-order valence-electron chi connectivity index (χ4n) is 3.19. The monoisotopic (exact) mass is 271 g/mol. The third-order valence-electron chi connectivity index (χ3n) is 4.43. The molecule has 2 heterocycles. The molecule has 0 spiro atoms. The molecular weight excluding hydrogens is 250 g/mol. The van der Waals surface area contributed by atoms with Gasteiger partial charge in [0.1, 0.15) is 0 Å². The van der Waals surface area contributed by atoms with Gasteiger partial charge in [0.05, 0.1) is 12.6 Å². The molecule has 20 heavy (non-hydrogen) atoms. The molecule has 0 saturated carbocycles. The second kappa shape index (κ2) is 4.94. The number of hydrogen-bond acceptors (Lipinski definition) is 4. The number of aryl methyl sites for hydroxylation is 1. The van der Waals surface area contributed by atoms with Crippen molar-refractivity contribution in [2.45, 2.75) is 26.3 Å². The van der Waals surface area contributed by atoms with Crippen LogP contribution in [0.25, 0.3) is 10.8 Å². The van der Waals surface area contributed by atoms with Crippen molar-refractivity contribution in [1.29, 1.82) is 0 Å². The van der Waals surface area contributed by atoms with Crippen LogP contribution in [0.3, 0.4) is 0 Å². The molecule has 4 heteroatoms. The van der Waals surface area contributed by atoms with E-state index in [9.17, 15) is 5.11 Å². The van der Waals surface area contributed by atoms with Crippen molar-refractivity contribution < 1.29 is 5.11 Å². The van der Waals surface area contributed by atoms with E-state index in [1.807, 2.05) is 19.2 Å². The van der Waals surface area contributed by atoms with Crippen LogP contribution in [0.4, 0.5) is 11.4 Å². The first-order valence-corrected chi connectivity index (χ1v) is 7.14. The molecule has 106 valence electrons. The lowest BCUT2D eigenvalue weighted by atomic mass is 10.0. The molecule has 1 fully saturated rings. The van der Waals surface area contributed by atoms with Gasteiger partial charge in [0, 0.05) is 40.6 Å². The molecule has 4 nitrogen and oxygen atoms in total. The van der Waals surface area contributed by atoms with Crippen LogP contribution in [0.2, 0.25) is 0 Å². The van der Waals surface area contributed by atoms with Gasteiger partial charge in [-0.15, -0.1) is 0 Å². The van der Waals surface area contributed by atoms with Gasteiger partial charge < -0.3 is 15.7 Å². The van der Waals surface area contributed by atoms with Crippen molar-refractivity contribution in [1.82, 2.24) is 4.98 Å². The number of rotatable bonds is 2. The van der Waals surface area contributed by atoms with Gasteiger partial charge in [0.2, 0.25) is 0 Å². The summed E-state index contributed by atoms with van der Waals surface area (Å²) in [5.74, 6) is 0.510. The van der Waals surface area contributed by atoms with Crippen molar-refractivity contribution in [3.05, 3.63) is 30.1 Å². The number of pyridine rings is 1. The summed E-state index contributed by atoms with van der Waals surface area (Å²) >= 11 is 0. The minimum Gasteiger partial charge on any atom is -0.398 e. The SMILES string of the molecule is Cc1cc2c(N3CCC(C)C3CO)ccc(N)c2cn1. The Morgan fingerprint density at radius 2 is 2.20 bits per heavy atom. The van der Waals surface area contributed by atoms with Crippen LogP contribution in [0.1, 0.15) is 19.0 Å². The summed E-state index contributed by atoms with van der Waals surface area (Å²) in [7, 11) is 0. The Morgan fingerprint density at radius 3 is 2.95 bits per heavy atom. The zero-order chi connectivity index (χ0) is 14.3. The molecule has 3 N–H and O–H groups in total. The highest BCUT2D eigenvalue weighted by Gasteiger charge is 2.31. The normalized spacial score (nSPS) is 22.6. The topological polar surface area (TPSA) is 62.4 Å². The summed E-state index contributed by atoms with van der Waals surface area (Å²) < 4.78 is 0. The number of nitrogens with zero attached hydrogens (tertiary/aromatic N) is 2. The minimum atomic E-state index is 0.190. The first kappa shape index (κ1) is 13.2. The summed E-state index contributed by atoms with van der Waals surface area (Å²) in [4.78, 5) is 6.65. The van der Waals surface area contributed by atoms with Crippen LogP contribution >= 0.6 is 0 Å². The quantitative estimate of drug-likeness (QED) is 0.823. The van der Waals surface area contributed by atoms with Gasteiger partial charge in [-0.1, -0.05) is 6.92 Å². The molecule has 2 atom stereocenters. The average molecular weight is 271 g/mol. The Hall–Kier alpha value is -1.81. The molecule has 0 bridgehead atoms. The lowest BCUT2D eigenvalue weighted by Crippen LogP contribution is -2.35. The molecular formula is C16H21N3O. The summed E-state index contributed by atoms with van der Waals surface area (Å²) in [6.45, 7) is 5.36. The number of benzene rings is 1. The number of nitrogen functional groups attached to an aromatic ring is 1. The van der Waals surface area contributed by atoms with Crippen molar-refractivity contribution in [3.63, 3.8) is 0 Å². The molecule has 1 aliphatic heterocycles. The number of anilines is 2. The number of fused-ring (bicyclic) bond motifs is 1. The van der Waals surface area contributed by atoms with Gasteiger partial charge in [-0.3, -0.25) is 4.98 Å². The van der Waals surface area contributed by atoms with Crippen LogP contribution in [0.15, 0.2) is 24.4 Å². The van der Waals surface area contributed by atoms with Gasteiger partial charge in [-0.2, -0.15) is 0 Å². The third-order valence-corrected chi connectivity index (χ3v) is 4.43. The zero-order valence-corrected chi connectivity index (χ0v) is 12.0. The molecule has 1 aliphatic rings. The predicted octanol–water partition coefficient (Wildman–Crippen LogP) is 2.33. The summed E-state index contributed by atoms with van der Waals surface area (Å²) in [5, 5.41) is 11.8. The Bertz CT molecular complexity index is 641. The van der Waals surface area contributed by atoms with E-state index >= 15 is 0 Å². The maximum Gasteiger partial charge on any atom is 0.0637 e. The number of hydrogen-bond donors (Lipinski definition) is 2. The van der Waals surface area contributed by atoms with Crippen LogP contribution in [-0.2, 0) is 0 Å². The minimum absolute atomic E-state index is 0.190. The molecule has 3 rings (SSSR count). The van der Waals surface area contributed by atoms with Crippen molar-refractivity contribution in [2.24, 2.45) is 5.92 Å². The second-order valence-corrected chi connectivity index (χ2v) is 5.75. The Balaban J connectivity index is 2.16. The average Bonchev–Trinajstić information content (AvgIpc) is 2.80. The molecule has 2 unspecified atom stereocenters. The fraction of sp³-hybridized carbons (Fsp3) is 0.438. The van der Waals surface area contributed by atoms with E-state index in [1.165, 1.54) is 0 Å². The van der Waals surface area contributed by atoms with E-state index in [4.69, 9.17) is 5.73 Å². The maximum atomic E-state index is 9.67. The second-order valence-electron chi connectivity index (χ2n) is 5.75. The van der Waals surface area contributed by atoms with Crippen LogP contribution in [0.5, 0.6) is 0 Å². The molecule has 1 saturated heterocycles. The third kappa shape index (κ3) is 2.00. The molecule has 1 aromatic heterocycles. The standard InChI is InChI=1S/C16H21N3O/c1-10-5-6-19(16(10)9-20)15-4-3-14(17)13-8-18-11(2)7-12(13)15/h3-4,7-8,10,16,20H,5-6,9,17H2,1-2H3. The highest BCUT2D eigenvalue weighted by atomic mass is 16.3. The van der Waals surface area contributed by atoms with Crippen molar-refractivity contribution in [2.75, 3.05) is 23.8 Å². The van der Waals surface area contributed by atoms with Gasteiger partial charge in [0.15, 0.2) is 0 Å². The van der Waals surface area contributed by atoms with E-state index in [2.05, 4.69) is 28.9 Å². The summed E-state index contributed by atoms with van der Waals surface area (Å²) in [5.41, 5.74) is 8.95. The Morgan fingerprint density at radius 1 is 1.40 bits per heavy atom. The number of nitrogens with two attached hydrogens (primary N) is 1. The highest BCUT2D eigenvalue weighted by molar-refractivity contribution is 6.01. The van der Waals surface area contributed by atoms with E-state index < -0.39 is 0 Å². The van der Waals surface area contributed by atoms with Gasteiger partial charge in [0.25, 0.3) is 0 Å². The maximum absolute atomic E-state index is 9.67. The van der Waals surface area contributed by atoms with E-state index in [0.717, 1.165) is 40.8 Å². The Labute approximate surface area is 119 Å². The molecule has 2 aromatic rings. The summed E-state index contributed by atoms with van der Waals surface area (Å²) in [6.07, 6.45) is 2.96. The smallest absolute Gasteiger partial charge is 0.0637 e. The van der Waals surface area contributed by atoms with E-state index in [0.29, 0.717) is 5.92 Å². The van der Waals surface area contributed by atoms with Crippen molar-refractivity contribution in [3.8, 4) is 0 Å². The first-order chi connectivity index (χ1) is 9.61. The van der Waals surface area contributed by atoms with Crippen molar-refractivity contribution >= 4 is 22.1 Å². The number of aliphatic hydroxyl groups is 1. The van der Waals surface area contributed by atoms with Crippen LogP contribution < -0.4 is 10.6 Å². The molecule has 0 amide bonds. The molecule has 1 aromatic carbocycles. The van der Waals surface area contributed by atoms with E-state index in [-0.39, 0.29) is 12.6 Å². The highest BCUT2D eigenvalue weighted by Crippen LogP contribution is 2.36. The van der Waals surface area contributed by atoms with Crippen LogP contribution in [0, 0.1) is 12.8 Å². The Kier molecular flexibility index (Phi) is 3.26. The van der Waals surface area contributed by atoms with Gasteiger partial charge in [-0.05, 0) is 37.5 Å². The van der Waals surface area contributed by atoms with E-state index in [1.54, 1.807) is 0 Å². The van der Waals surface area contributed by atoms with Gasteiger partial charge >= 0.3 is 0 Å². The molecule has 0 aliphatic carbocycles. The lowest BCUT2D eigenvalue weighted by Gasteiger charge is -2.28. The van der Waals surface area contributed by atoms with Crippen LogP contribution in [-0.4, -0.2) is 29.3 Å². The largest absolute Gasteiger partial charge is 0.398 e.